The first-order chi connectivity index (χ1) is 8.69. The molecule has 2 heteroatoms. The highest BCUT2D eigenvalue weighted by molar-refractivity contribution is 5.25. The lowest BCUT2D eigenvalue weighted by atomic mass is 10.0. The first-order valence-electron chi connectivity index (χ1n) is 7.21. The fourth-order valence-electron chi connectivity index (χ4n) is 2.82. The van der Waals surface area contributed by atoms with E-state index in [4.69, 9.17) is 0 Å². The van der Waals surface area contributed by atoms with Crippen LogP contribution in [0, 0.1) is 5.92 Å². The first-order valence-corrected chi connectivity index (χ1v) is 7.21. The van der Waals surface area contributed by atoms with Crippen molar-refractivity contribution in [2.75, 3.05) is 13.1 Å². The van der Waals surface area contributed by atoms with E-state index in [1.807, 2.05) is 12.1 Å². The van der Waals surface area contributed by atoms with E-state index in [1.54, 1.807) is 12.1 Å². The lowest BCUT2D eigenvalue weighted by molar-refractivity contribution is 0.237. The van der Waals surface area contributed by atoms with Gasteiger partial charge in [0, 0.05) is 12.6 Å². The van der Waals surface area contributed by atoms with Crippen molar-refractivity contribution < 1.29 is 5.11 Å². The summed E-state index contributed by atoms with van der Waals surface area (Å²) in [4.78, 5) is 2.63. The van der Waals surface area contributed by atoms with Crippen LogP contribution in [0.3, 0.4) is 0 Å². The van der Waals surface area contributed by atoms with Crippen molar-refractivity contribution in [1.29, 1.82) is 0 Å². The number of hydrogen-bond donors (Lipinski definition) is 1. The summed E-state index contributed by atoms with van der Waals surface area (Å²) >= 11 is 0. The SMILES string of the molecule is CCC1CCN(C(C)CCc2ccc(O)cc2)C1. The number of aromatic hydroxyl groups is 1. The number of benzene rings is 1. The van der Waals surface area contributed by atoms with Crippen LogP contribution in [0.5, 0.6) is 5.75 Å². The molecule has 2 rings (SSSR count). The minimum Gasteiger partial charge on any atom is -0.508 e. The molecule has 1 N–H and O–H groups in total. The van der Waals surface area contributed by atoms with Gasteiger partial charge in [-0.3, -0.25) is 0 Å². The summed E-state index contributed by atoms with van der Waals surface area (Å²) in [5, 5.41) is 9.25. The Morgan fingerprint density at radius 3 is 2.67 bits per heavy atom. The molecule has 0 radical (unpaired) electrons. The third-order valence-corrected chi connectivity index (χ3v) is 4.31. The van der Waals surface area contributed by atoms with Gasteiger partial charge in [-0.05, 0) is 56.3 Å². The molecule has 100 valence electrons. The van der Waals surface area contributed by atoms with Crippen LogP contribution in [-0.2, 0) is 6.42 Å². The van der Waals surface area contributed by atoms with E-state index in [0.717, 1.165) is 12.3 Å². The second-order valence-electron chi connectivity index (χ2n) is 5.61. The van der Waals surface area contributed by atoms with E-state index >= 15 is 0 Å². The highest BCUT2D eigenvalue weighted by atomic mass is 16.3. The topological polar surface area (TPSA) is 23.5 Å². The monoisotopic (exact) mass is 247 g/mol. The molecule has 0 bridgehead atoms. The fraction of sp³-hybridized carbons (Fsp3) is 0.625. The molecule has 1 aromatic rings. The predicted molar refractivity (Wildman–Crippen MR) is 75.9 cm³/mol. The Kier molecular flexibility index (Phi) is 4.65. The minimum atomic E-state index is 0.358. The minimum absolute atomic E-state index is 0.358. The largest absolute Gasteiger partial charge is 0.508 e. The molecule has 2 unspecified atom stereocenters. The second-order valence-corrected chi connectivity index (χ2v) is 5.61. The molecular weight excluding hydrogens is 222 g/mol. The molecule has 1 aromatic carbocycles. The van der Waals surface area contributed by atoms with E-state index in [2.05, 4.69) is 18.7 Å². The van der Waals surface area contributed by atoms with E-state index in [0.29, 0.717) is 11.8 Å². The van der Waals surface area contributed by atoms with Crippen molar-refractivity contribution in [2.24, 2.45) is 5.92 Å². The van der Waals surface area contributed by atoms with Gasteiger partial charge in [-0.25, -0.2) is 0 Å². The molecule has 0 aliphatic carbocycles. The van der Waals surface area contributed by atoms with Gasteiger partial charge in [0.15, 0.2) is 0 Å². The quantitative estimate of drug-likeness (QED) is 0.861. The number of phenols is 1. The average molecular weight is 247 g/mol. The molecule has 1 aliphatic rings. The number of hydrogen-bond acceptors (Lipinski definition) is 2. The van der Waals surface area contributed by atoms with Crippen LogP contribution < -0.4 is 0 Å². The molecule has 1 saturated heterocycles. The molecule has 0 spiro atoms. The summed E-state index contributed by atoms with van der Waals surface area (Å²) < 4.78 is 0. The van der Waals surface area contributed by atoms with Gasteiger partial charge in [0.05, 0.1) is 0 Å². The Labute approximate surface area is 111 Å². The highest BCUT2D eigenvalue weighted by Gasteiger charge is 2.24. The van der Waals surface area contributed by atoms with Gasteiger partial charge >= 0.3 is 0 Å². The van der Waals surface area contributed by atoms with Gasteiger partial charge in [-0.1, -0.05) is 25.5 Å². The maximum Gasteiger partial charge on any atom is 0.115 e. The standard InChI is InChI=1S/C16H25NO/c1-3-14-10-11-17(12-14)13(2)4-5-15-6-8-16(18)9-7-15/h6-9,13-14,18H,3-5,10-12H2,1-2H3. The molecule has 1 fully saturated rings. The van der Waals surface area contributed by atoms with Gasteiger partial charge in [-0.15, -0.1) is 0 Å². The third kappa shape index (κ3) is 3.49. The Morgan fingerprint density at radius 2 is 2.06 bits per heavy atom. The molecule has 0 amide bonds. The maximum absolute atomic E-state index is 9.25. The zero-order valence-corrected chi connectivity index (χ0v) is 11.6. The Balaban J connectivity index is 1.78. The molecule has 0 aromatic heterocycles. The van der Waals surface area contributed by atoms with Crippen molar-refractivity contribution in [3.8, 4) is 5.75 Å². The predicted octanol–water partition coefficient (Wildman–Crippen LogP) is 3.45. The summed E-state index contributed by atoms with van der Waals surface area (Å²) in [6, 6.07) is 8.30. The molecule has 18 heavy (non-hydrogen) atoms. The molecule has 1 heterocycles. The lowest BCUT2D eigenvalue weighted by Gasteiger charge is -2.24. The van der Waals surface area contributed by atoms with Crippen LogP contribution in [0.25, 0.3) is 0 Å². The molecular formula is C16H25NO. The summed E-state index contributed by atoms with van der Waals surface area (Å²) in [5.74, 6) is 1.28. The van der Waals surface area contributed by atoms with Crippen LogP contribution in [0.2, 0.25) is 0 Å². The lowest BCUT2D eigenvalue weighted by Crippen LogP contribution is -2.31. The van der Waals surface area contributed by atoms with Crippen LogP contribution >= 0.6 is 0 Å². The van der Waals surface area contributed by atoms with Crippen molar-refractivity contribution in [2.45, 2.75) is 45.6 Å². The van der Waals surface area contributed by atoms with E-state index in [9.17, 15) is 5.11 Å². The van der Waals surface area contributed by atoms with Gasteiger partial charge in [-0.2, -0.15) is 0 Å². The van der Waals surface area contributed by atoms with E-state index < -0.39 is 0 Å². The third-order valence-electron chi connectivity index (χ3n) is 4.31. The highest BCUT2D eigenvalue weighted by Crippen LogP contribution is 2.23. The van der Waals surface area contributed by atoms with Gasteiger partial charge in [0.2, 0.25) is 0 Å². The van der Waals surface area contributed by atoms with Crippen molar-refractivity contribution in [3.63, 3.8) is 0 Å². The summed E-state index contributed by atoms with van der Waals surface area (Å²) in [5.41, 5.74) is 1.32. The molecule has 2 nitrogen and oxygen atoms in total. The number of likely N-dealkylation sites (tertiary alicyclic amines) is 1. The van der Waals surface area contributed by atoms with Crippen LogP contribution in [0.4, 0.5) is 0 Å². The zero-order chi connectivity index (χ0) is 13.0. The van der Waals surface area contributed by atoms with Gasteiger partial charge in [0.1, 0.15) is 5.75 Å². The number of nitrogens with zero attached hydrogens (tertiary/aromatic N) is 1. The van der Waals surface area contributed by atoms with Crippen LogP contribution in [0.15, 0.2) is 24.3 Å². The first kappa shape index (κ1) is 13.4. The Hall–Kier alpha value is -1.02. The smallest absolute Gasteiger partial charge is 0.115 e. The maximum atomic E-state index is 9.25. The van der Waals surface area contributed by atoms with Crippen molar-refractivity contribution >= 4 is 0 Å². The molecule has 1 aliphatic heterocycles. The average Bonchev–Trinajstić information content (AvgIpc) is 2.86. The fourth-order valence-corrected chi connectivity index (χ4v) is 2.82. The van der Waals surface area contributed by atoms with Crippen molar-refractivity contribution in [1.82, 2.24) is 4.90 Å². The zero-order valence-electron chi connectivity index (χ0n) is 11.6. The molecule has 2 atom stereocenters. The van der Waals surface area contributed by atoms with E-state index in [-0.39, 0.29) is 0 Å². The van der Waals surface area contributed by atoms with Crippen LogP contribution in [-0.4, -0.2) is 29.1 Å². The molecule has 0 saturated carbocycles. The Bertz CT molecular complexity index is 360. The van der Waals surface area contributed by atoms with Gasteiger partial charge < -0.3 is 10.0 Å². The summed E-state index contributed by atoms with van der Waals surface area (Å²) in [6.45, 7) is 7.20. The number of phenolic OH excluding ortho intramolecular Hbond substituents is 1. The normalized spacial score (nSPS) is 22.2. The summed E-state index contributed by atoms with van der Waals surface area (Å²) in [6.07, 6.45) is 5.01. The summed E-state index contributed by atoms with van der Waals surface area (Å²) in [7, 11) is 0. The Morgan fingerprint density at radius 1 is 1.33 bits per heavy atom. The van der Waals surface area contributed by atoms with Crippen molar-refractivity contribution in [3.05, 3.63) is 29.8 Å². The van der Waals surface area contributed by atoms with Crippen LogP contribution in [0.1, 0.15) is 38.7 Å². The number of aryl methyl sites for hydroxylation is 1. The number of rotatable bonds is 5. The second kappa shape index (κ2) is 6.24. The van der Waals surface area contributed by atoms with E-state index in [1.165, 1.54) is 37.9 Å². The van der Waals surface area contributed by atoms with Gasteiger partial charge in [0.25, 0.3) is 0 Å².